The van der Waals surface area contributed by atoms with Crippen molar-refractivity contribution < 1.29 is 19.1 Å². The van der Waals surface area contributed by atoms with E-state index in [0.717, 1.165) is 18.6 Å². The summed E-state index contributed by atoms with van der Waals surface area (Å²) in [6.07, 6.45) is 3.33. The SMILES string of the molecule is COc1ccc(OCCNC(=O)C2(C(=O)NC3CC3)CC2)cc1. The van der Waals surface area contributed by atoms with Crippen LogP contribution in [0.1, 0.15) is 25.7 Å². The number of carbonyl (C=O) groups is 2. The minimum absolute atomic E-state index is 0.117. The highest BCUT2D eigenvalue weighted by molar-refractivity contribution is 6.08. The molecule has 0 aromatic heterocycles. The molecular formula is C17H22N2O4. The summed E-state index contributed by atoms with van der Waals surface area (Å²) in [6.45, 7) is 0.738. The molecular weight excluding hydrogens is 296 g/mol. The Balaban J connectivity index is 1.39. The van der Waals surface area contributed by atoms with Gasteiger partial charge in [-0.15, -0.1) is 0 Å². The Morgan fingerprint density at radius 1 is 1.13 bits per heavy atom. The van der Waals surface area contributed by atoms with Crippen LogP contribution in [0.5, 0.6) is 11.5 Å². The van der Waals surface area contributed by atoms with E-state index in [-0.39, 0.29) is 17.9 Å². The molecule has 0 bridgehead atoms. The maximum atomic E-state index is 12.2. The number of rotatable bonds is 8. The molecule has 2 fully saturated rings. The topological polar surface area (TPSA) is 76.7 Å². The van der Waals surface area contributed by atoms with Gasteiger partial charge in [-0.1, -0.05) is 0 Å². The Kier molecular flexibility index (Phi) is 4.41. The molecule has 0 saturated heterocycles. The second-order valence-electron chi connectivity index (χ2n) is 6.11. The molecule has 2 aliphatic rings. The lowest BCUT2D eigenvalue weighted by atomic mass is 10.1. The Hall–Kier alpha value is -2.24. The molecule has 0 aliphatic heterocycles. The van der Waals surface area contributed by atoms with Gasteiger partial charge in [0.2, 0.25) is 11.8 Å². The van der Waals surface area contributed by atoms with Crippen molar-refractivity contribution in [2.75, 3.05) is 20.3 Å². The minimum atomic E-state index is -0.831. The van der Waals surface area contributed by atoms with Crippen LogP contribution in [0, 0.1) is 5.41 Å². The zero-order valence-electron chi connectivity index (χ0n) is 13.3. The third-order valence-electron chi connectivity index (χ3n) is 4.25. The summed E-state index contributed by atoms with van der Waals surface area (Å²) in [4.78, 5) is 24.3. The van der Waals surface area contributed by atoms with E-state index in [0.29, 0.717) is 31.7 Å². The monoisotopic (exact) mass is 318 g/mol. The predicted molar refractivity (Wildman–Crippen MR) is 84.3 cm³/mol. The molecule has 2 amide bonds. The molecule has 2 saturated carbocycles. The maximum Gasteiger partial charge on any atom is 0.235 e. The van der Waals surface area contributed by atoms with Crippen LogP contribution in [0.25, 0.3) is 0 Å². The van der Waals surface area contributed by atoms with E-state index in [4.69, 9.17) is 9.47 Å². The number of hydrogen-bond donors (Lipinski definition) is 2. The van der Waals surface area contributed by atoms with Gasteiger partial charge in [0.05, 0.1) is 13.7 Å². The Bertz CT molecular complexity index is 577. The first-order chi connectivity index (χ1) is 11.1. The molecule has 124 valence electrons. The zero-order valence-corrected chi connectivity index (χ0v) is 13.3. The van der Waals surface area contributed by atoms with Crippen molar-refractivity contribution in [2.24, 2.45) is 5.41 Å². The number of nitrogens with one attached hydrogen (secondary N) is 2. The molecule has 6 nitrogen and oxygen atoms in total. The molecule has 1 aromatic rings. The molecule has 1 aromatic carbocycles. The fourth-order valence-electron chi connectivity index (χ4n) is 2.41. The van der Waals surface area contributed by atoms with Gasteiger partial charge in [0.15, 0.2) is 0 Å². The van der Waals surface area contributed by atoms with Crippen LogP contribution in [0.15, 0.2) is 24.3 Å². The molecule has 23 heavy (non-hydrogen) atoms. The standard InChI is InChI=1S/C17H22N2O4/c1-22-13-4-6-14(7-5-13)23-11-10-18-15(20)17(8-9-17)16(21)19-12-2-3-12/h4-7,12H,2-3,8-11H2,1H3,(H,18,20)(H,19,21). The van der Waals surface area contributed by atoms with Crippen LogP contribution in [0.3, 0.4) is 0 Å². The Morgan fingerprint density at radius 2 is 1.78 bits per heavy atom. The van der Waals surface area contributed by atoms with Gasteiger partial charge in [0.1, 0.15) is 23.5 Å². The average Bonchev–Trinajstić information content (AvgIpc) is 3.45. The second-order valence-corrected chi connectivity index (χ2v) is 6.11. The third kappa shape index (κ3) is 3.75. The number of hydrogen-bond acceptors (Lipinski definition) is 4. The number of amides is 2. The van der Waals surface area contributed by atoms with Crippen LogP contribution in [0.2, 0.25) is 0 Å². The van der Waals surface area contributed by atoms with Crippen LogP contribution in [0.4, 0.5) is 0 Å². The lowest BCUT2D eigenvalue weighted by Gasteiger charge is -2.15. The van der Waals surface area contributed by atoms with E-state index in [9.17, 15) is 9.59 Å². The molecule has 3 rings (SSSR count). The largest absolute Gasteiger partial charge is 0.497 e. The summed E-state index contributed by atoms with van der Waals surface area (Å²) in [5.41, 5.74) is -0.831. The van der Waals surface area contributed by atoms with Gasteiger partial charge in [0.25, 0.3) is 0 Å². The fraction of sp³-hybridized carbons (Fsp3) is 0.529. The first-order valence-corrected chi connectivity index (χ1v) is 8.00. The minimum Gasteiger partial charge on any atom is -0.497 e. The highest BCUT2D eigenvalue weighted by Gasteiger charge is 2.57. The van der Waals surface area contributed by atoms with Crippen LogP contribution >= 0.6 is 0 Å². The predicted octanol–water partition coefficient (Wildman–Crippen LogP) is 1.25. The summed E-state index contributed by atoms with van der Waals surface area (Å²) in [5, 5.41) is 5.73. The quantitative estimate of drug-likeness (QED) is 0.559. The summed E-state index contributed by atoms with van der Waals surface area (Å²) in [7, 11) is 1.61. The normalized spacial score (nSPS) is 18.0. The summed E-state index contributed by atoms with van der Waals surface area (Å²) >= 11 is 0. The number of ether oxygens (including phenoxy) is 2. The van der Waals surface area contributed by atoms with Crippen LogP contribution < -0.4 is 20.1 Å². The molecule has 0 unspecified atom stereocenters. The van der Waals surface area contributed by atoms with Gasteiger partial charge >= 0.3 is 0 Å². The summed E-state index contributed by atoms with van der Waals surface area (Å²) < 4.78 is 10.6. The van der Waals surface area contributed by atoms with Crippen LogP contribution in [-0.4, -0.2) is 38.1 Å². The summed E-state index contributed by atoms with van der Waals surface area (Å²) in [6, 6.07) is 7.54. The van der Waals surface area contributed by atoms with Crippen molar-refractivity contribution in [1.29, 1.82) is 0 Å². The van der Waals surface area contributed by atoms with Crippen molar-refractivity contribution >= 4 is 11.8 Å². The van der Waals surface area contributed by atoms with Crippen molar-refractivity contribution in [3.63, 3.8) is 0 Å². The first-order valence-electron chi connectivity index (χ1n) is 8.00. The molecule has 0 atom stereocenters. The Morgan fingerprint density at radius 3 is 2.35 bits per heavy atom. The van der Waals surface area contributed by atoms with Gasteiger partial charge in [-0.25, -0.2) is 0 Å². The lowest BCUT2D eigenvalue weighted by molar-refractivity contribution is -0.137. The molecule has 0 heterocycles. The summed E-state index contributed by atoms with van der Waals surface area (Å²) in [5.74, 6) is 1.18. The van der Waals surface area contributed by atoms with E-state index in [2.05, 4.69) is 10.6 Å². The van der Waals surface area contributed by atoms with Crippen molar-refractivity contribution in [1.82, 2.24) is 10.6 Å². The molecule has 0 radical (unpaired) electrons. The zero-order chi connectivity index (χ0) is 16.3. The van der Waals surface area contributed by atoms with Crippen LogP contribution in [-0.2, 0) is 9.59 Å². The van der Waals surface area contributed by atoms with Gasteiger partial charge in [-0.3, -0.25) is 9.59 Å². The average molecular weight is 318 g/mol. The third-order valence-corrected chi connectivity index (χ3v) is 4.25. The number of benzene rings is 1. The smallest absolute Gasteiger partial charge is 0.235 e. The van der Waals surface area contributed by atoms with E-state index in [1.807, 2.05) is 24.3 Å². The van der Waals surface area contributed by atoms with E-state index < -0.39 is 5.41 Å². The van der Waals surface area contributed by atoms with Gasteiger partial charge in [-0.2, -0.15) is 0 Å². The lowest BCUT2D eigenvalue weighted by Crippen LogP contribution is -2.44. The maximum absolute atomic E-state index is 12.2. The molecule has 0 spiro atoms. The highest BCUT2D eigenvalue weighted by atomic mass is 16.5. The Labute approximate surface area is 135 Å². The fourth-order valence-corrected chi connectivity index (χ4v) is 2.41. The van der Waals surface area contributed by atoms with Crippen molar-refractivity contribution in [3.05, 3.63) is 24.3 Å². The van der Waals surface area contributed by atoms with Crippen molar-refractivity contribution in [2.45, 2.75) is 31.7 Å². The number of carbonyl (C=O) groups excluding carboxylic acids is 2. The van der Waals surface area contributed by atoms with E-state index >= 15 is 0 Å². The van der Waals surface area contributed by atoms with E-state index in [1.165, 1.54) is 0 Å². The molecule has 2 aliphatic carbocycles. The second kappa shape index (κ2) is 6.48. The van der Waals surface area contributed by atoms with Gasteiger partial charge < -0.3 is 20.1 Å². The molecule has 6 heteroatoms. The number of methoxy groups -OCH3 is 1. The first kappa shape index (κ1) is 15.6. The highest BCUT2D eigenvalue weighted by Crippen LogP contribution is 2.46. The van der Waals surface area contributed by atoms with Gasteiger partial charge in [-0.05, 0) is 49.9 Å². The van der Waals surface area contributed by atoms with Crippen molar-refractivity contribution in [3.8, 4) is 11.5 Å². The molecule has 2 N–H and O–H groups in total. The van der Waals surface area contributed by atoms with E-state index in [1.54, 1.807) is 7.11 Å². The van der Waals surface area contributed by atoms with Gasteiger partial charge in [0, 0.05) is 6.04 Å².